The highest BCUT2D eigenvalue weighted by Gasteiger charge is 2.16. The van der Waals surface area contributed by atoms with Crippen LogP contribution in [0.4, 0.5) is 0 Å². The summed E-state index contributed by atoms with van der Waals surface area (Å²) in [6, 6.07) is 0. The van der Waals surface area contributed by atoms with Crippen molar-refractivity contribution < 1.29 is 23.8 Å². The van der Waals surface area contributed by atoms with Crippen molar-refractivity contribution in [2.24, 2.45) is 0 Å². The fourth-order valence-corrected chi connectivity index (χ4v) is 0.937. The monoisotopic (exact) mass is 230 g/mol. The van der Waals surface area contributed by atoms with Gasteiger partial charge in [0.1, 0.15) is 0 Å². The Balaban J connectivity index is 4.42. The molecular weight excluding hydrogens is 212 g/mol. The van der Waals surface area contributed by atoms with Gasteiger partial charge < -0.3 is 14.2 Å². The second-order valence-corrected chi connectivity index (χ2v) is 2.80. The van der Waals surface area contributed by atoms with E-state index in [4.69, 9.17) is 14.2 Å². The van der Waals surface area contributed by atoms with Crippen molar-refractivity contribution >= 4 is 11.9 Å². The minimum Gasteiger partial charge on any atom is -0.501 e. The zero-order valence-electron chi connectivity index (χ0n) is 9.95. The molecule has 5 nitrogen and oxygen atoms in total. The van der Waals surface area contributed by atoms with Crippen LogP contribution in [0.2, 0.25) is 0 Å². The van der Waals surface area contributed by atoms with Crippen molar-refractivity contribution in [2.45, 2.75) is 27.2 Å². The predicted molar refractivity (Wildman–Crippen MR) is 57.6 cm³/mol. The second kappa shape index (κ2) is 8.76. The Labute approximate surface area is 95.4 Å². The molecule has 0 aromatic heterocycles. The van der Waals surface area contributed by atoms with Crippen molar-refractivity contribution in [3.63, 3.8) is 0 Å². The molecule has 0 amide bonds. The second-order valence-electron chi connectivity index (χ2n) is 2.80. The number of carbonyl (C=O) groups is 2. The average Bonchev–Trinajstić information content (AvgIpc) is 2.24. The Bertz CT molecular complexity index is 257. The number of ether oxygens (including phenoxy) is 3. The summed E-state index contributed by atoms with van der Waals surface area (Å²) in [6.45, 7) is 6.14. The van der Waals surface area contributed by atoms with Crippen LogP contribution in [0, 0.1) is 0 Å². The summed E-state index contributed by atoms with van der Waals surface area (Å²) in [5.74, 6) is -1.02. The Morgan fingerprint density at radius 2 is 1.62 bits per heavy atom. The van der Waals surface area contributed by atoms with Gasteiger partial charge in [0.05, 0.1) is 38.1 Å². The molecule has 0 aromatic carbocycles. The van der Waals surface area contributed by atoms with Crippen molar-refractivity contribution in [2.75, 3.05) is 19.8 Å². The Morgan fingerprint density at radius 1 is 1.00 bits per heavy atom. The third-order valence-electron chi connectivity index (χ3n) is 1.57. The fraction of sp³-hybridized carbons (Fsp3) is 0.636. The molecule has 0 unspecified atom stereocenters. The SMILES string of the molecule is CCOC=C(CC(=O)OCC)C(=O)OCC. The molecule has 0 radical (unpaired) electrons. The largest absolute Gasteiger partial charge is 0.501 e. The van der Waals surface area contributed by atoms with Gasteiger partial charge in [0.25, 0.3) is 0 Å². The molecular formula is C11H18O5. The van der Waals surface area contributed by atoms with E-state index in [2.05, 4.69) is 0 Å². The lowest BCUT2D eigenvalue weighted by Crippen LogP contribution is -2.14. The smallest absolute Gasteiger partial charge is 0.337 e. The zero-order chi connectivity index (χ0) is 12.4. The quantitative estimate of drug-likeness (QED) is 0.376. The number of hydrogen-bond acceptors (Lipinski definition) is 5. The zero-order valence-corrected chi connectivity index (χ0v) is 9.95. The van der Waals surface area contributed by atoms with Gasteiger partial charge in [-0.25, -0.2) is 4.79 Å². The molecule has 0 bridgehead atoms. The van der Waals surface area contributed by atoms with E-state index in [1.165, 1.54) is 6.26 Å². The van der Waals surface area contributed by atoms with Crippen molar-refractivity contribution in [3.8, 4) is 0 Å². The van der Waals surface area contributed by atoms with Gasteiger partial charge in [-0.1, -0.05) is 0 Å². The summed E-state index contributed by atoms with van der Waals surface area (Å²) in [5.41, 5.74) is 0.169. The summed E-state index contributed by atoms with van der Waals surface area (Å²) in [7, 11) is 0. The lowest BCUT2D eigenvalue weighted by Gasteiger charge is -2.06. The minimum absolute atomic E-state index is 0.132. The van der Waals surface area contributed by atoms with Crippen LogP contribution in [-0.2, 0) is 23.8 Å². The van der Waals surface area contributed by atoms with Gasteiger partial charge in [-0.15, -0.1) is 0 Å². The first-order valence-electron chi connectivity index (χ1n) is 5.29. The standard InChI is InChI=1S/C11H18O5/c1-4-14-8-9(11(13)16-6-3)7-10(12)15-5-2/h8H,4-7H2,1-3H3. The summed E-state index contributed by atoms with van der Waals surface area (Å²) < 4.78 is 14.5. The summed E-state index contributed by atoms with van der Waals surface area (Å²) in [4.78, 5) is 22.6. The molecule has 0 aliphatic heterocycles. The number of rotatable bonds is 7. The molecule has 0 atom stereocenters. The molecule has 0 aromatic rings. The summed E-state index contributed by atoms with van der Waals surface area (Å²) >= 11 is 0. The first-order chi connectivity index (χ1) is 7.65. The third kappa shape index (κ3) is 6.06. The molecule has 0 heterocycles. The van der Waals surface area contributed by atoms with Gasteiger partial charge >= 0.3 is 11.9 Å². The third-order valence-corrected chi connectivity index (χ3v) is 1.57. The Kier molecular flexibility index (Phi) is 7.93. The lowest BCUT2D eigenvalue weighted by atomic mass is 10.2. The maximum absolute atomic E-state index is 11.4. The van der Waals surface area contributed by atoms with Crippen LogP contribution in [0.1, 0.15) is 27.2 Å². The van der Waals surface area contributed by atoms with Gasteiger partial charge in [-0.05, 0) is 20.8 Å². The van der Waals surface area contributed by atoms with E-state index in [0.717, 1.165) is 0 Å². The molecule has 16 heavy (non-hydrogen) atoms. The summed E-state index contributed by atoms with van der Waals surface area (Å²) in [5, 5.41) is 0. The summed E-state index contributed by atoms with van der Waals surface area (Å²) in [6.07, 6.45) is 1.11. The first-order valence-corrected chi connectivity index (χ1v) is 5.29. The molecule has 92 valence electrons. The van der Waals surface area contributed by atoms with Gasteiger partial charge in [0.2, 0.25) is 0 Å². The van der Waals surface area contributed by atoms with Crippen LogP contribution in [0.3, 0.4) is 0 Å². The number of esters is 2. The van der Waals surface area contributed by atoms with Crippen LogP contribution >= 0.6 is 0 Å². The molecule has 5 heteroatoms. The van der Waals surface area contributed by atoms with E-state index < -0.39 is 11.9 Å². The molecule has 0 saturated carbocycles. The Morgan fingerprint density at radius 3 is 2.12 bits per heavy atom. The fourth-order valence-electron chi connectivity index (χ4n) is 0.937. The van der Waals surface area contributed by atoms with Crippen LogP contribution < -0.4 is 0 Å². The van der Waals surface area contributed by atoms with Crippen LogP contribution in [0.15, 0.2) is 11.8 Å². The van der Waals surface area contributed by atoms with Crippen molar-refractivity contribution in [1.29, 1.82) is 0 Å². The maximum Gasteiger partial charge on any atom is 0.337 e. The van der Waals surface area contributed by atoms with Crippen LogP contribution in [-0.4, -0.2) is 31.8 Å². The molecule has 0 rings (SSSR count). The topological polar surface area (TPSA) is 61.8 Å². The molecule has 0 spiro atoms. The van der Waals surface area contributed by atoms with Gasteiger partial charge in [0, 0.05) is 0 Å². The Hall–Kier alpha value is -1.52. The number of hydrogen-bond donors (Lipinski definition) is 0. The van der Waals surface area contributed by atoms with E-state index in [1.54, 1.807) is 20.8 Å². The number of carbonyl (C=O) groups excluding carboxylic acids is 2. The minimum atomic E-state index is -0.552. The van der Waals surface area contributed by atoms with Crippen LogP contribution in [0.5, 0.6) is 0 Å². The highest BCUT2D eigenvalue weighted by molar-refractivity contribution is 5.93. The van der Waals surface area contributed by atoms with E-state index in [1.807, 2.05) is 0 Å². The van der Waals surface area contributed by atoms with Crippen LogP contribution in [0.25, 0.3) is 0 Å². The van der Waals surface area contributed by atoms with Gasteiger partial charge in [-0.2, -0.15) is 0 Å². The van der Waals surface area contributed by atoms with E-state index >= 15 is 0 Å². The van der Waals surface area contributed by atoms with Crippen molar-refractivity contribution in [1.82, 2.24) is 0 Å². The maximum atomic E-state index is 11.4. The van der Waals surface area contributed by atoms with Crippen molar-refractivity contribution in [3.05, 3.63) is 11.8 Å². The average molecular weight is 230 g/mol. The van der Waals surface area contributed by atoms with E-state index in [9.17, 15) is 9.59 Å². The molecule has 0 aliphatic carbocycles. The van der Waals surface area contributed by atoms with E-state index in [-0.39, 0.29) is 25.2 Å². The van der Waals surface area contributed by atoms with Gasteiger partial charge in [-0.3, -0.25) is 4.79 Å². The predicted octanol–water partition coefficient (Wildman–Crippen LogP) is 1.42. The molecule has 0 aliphatic rings. The molecule has 0 N–H and O–H groups in total. The first kappa shape index (κ1) is 14.5. The highest BCUT2D eigenvalue weighted by Crippen LogP contribution is 2.06. The molecule has 0 saturated heterocycles. The molecule has 0 fully saturated rings. The van der Waals surface area contributed by atoms with E-state index in [0.29, 0.717) is 6.61 Å². The normalized spacial score (nSPS) is 10.8. The lowest BCUT2D eigenvalue weighted by molar-refractivity contribution is -0.146. The highest BCUT2D eigenvalue weighted by atomic mass is 16.5. The van der Waals surface area contributed by atoms with Gasteiger partial charge in [0.15, 0.2) is 0 Å².